The monoisotopic (exact) mass is 420 g/mol. The van der Waals surface area contributed by atoms with Gasteiger partial charge in [0.15, 0.2) is 0 Å². The highest BCUT2D eigenvalue weighted by molar-refractivity contribution is 6.05. The molecule has 0 bridgehead atoms. The second-order valence-electron chi connectivity index (χ2n) is 7.80. The second-order valence-corrected chi connectivity index (χ2v) is 7.80. The van der Waals surface area contributed by atoms with Gasteiger partial charge in [0.2, 0.25) is 0 Å². The second kappa shape index (κ2) is 9.04. The molecule has 1 aromatic heterocycles. The summed E-state index contributed by atoms with van der Waals surface area (Å²) in [4.78, 5) is 26.3. The molecule has 0 radical (unpaired) electrons. The molecule has 7 heteroatoms. The van der Waals surface area contributed by atoms with Crippen LogP contribution in [0, 0.1) is 20.8 Å². The van der Waals surface area contributed by atoms with Crippen LogP contribution in [-0.2, 0) is 13.5 Å². The van der Waals surface area contributed by atoms with Crippen LogP contribution in [0.4, 0.5) is 11.4 Å². The number of carboxylic acid groups (broad SMARTS) is 1. The van der Waals surface area contributed by atoms with E-state index >= 15 is 0 Å². The van der Waals surface area contributed by atoms with Gasteiger partial charge in [-0.1, -0.05) is 17.7 Å². The van der Waals surface area contributed by atoms with Gasteiger partial charge >= 0.3 is 5.97 Å². The Morgan fingerprint density at radius 3 is 2.35 bits per heavy atom. The number of hydrogen-bond acceptors (Lipinski definition) is 4. The summed E-state index contributed by atoms with van der Waals surface area (Å²) in [5.41, 5.74) is 6.04. The number of likely N-dealkylation sites (N-methyl/N-ethyl adjacent to an activating group) is 1. The maximum absolute atomic E-state index is 12.5. The maximum Gasteiger partial charge on any atom is 0.337 e. The molecule has 0 aliphatic rings. The van der Waals surface area contributed by atoms with Crippen molar-refractivity contribution in [3.05, 3.63) is 76.1 Å². The zero-order chi connectivity index (χ0) is 22.7. The number of nitrogens with one attached hydrogen (secondary N) is 1. The van der Waals surface area contributed by atoms with E-state index in [2.05, 4.69) is 10.4 Å². The highest BCUT2D eigenvalue weighted by Gasteiger charge is 2.17. The number of carbonyl (C=O) groups excluding carboxylic acids is 1. The Morgan fingerprint density at radius 1 is 1.10 bits per heavy atom. The van der Waals surface area contributed by atoms with E-state index in [9.17, 15) is 14.7 Å². The van der Waals surface area contributed by atoms with Gasteiger partial charge in [0.05, 0.1) is 16.9 Å². The van der Waals surface area contributed by atoms with E-state index in [1.54, 1.807) is 24.3 Å². The first kappa shape index (κ1) is 22.1. The van der Waals surface area contributed by atoms with Crippen LogP contribution >= 0.6 is 0 Å². The molecule has 3 aromatic rings. The van der Waals surface area contributed by atoms with Crippen molar-refractivity contribution in [2.45, 2.75) is 27.2 Å². The molecular formula is C24H28N4O3. The van der Waals surface area contributed by atoms with Crippen molar-refractivity contribution in [2.75, 3.05) is 23.8 Å². The van der Waals surface area contributed by atoms with Crippen LogP contribution in [0.1, 0.15) is 43.2 Å². The average molecular weight is 421 g/mol. The molecular weight excluding hydrogens is 392 g/mol. The zero-order valence-electron chi connectivity index (χ0n) is 18.6. The van der Waals surface area contributed by atoms with Crippen LogP contribution in [-0.4, -0.2) is 40.4 Å². The molecule has 1 amide bonds. The number of rotatable bonds is 7. The minimum Gasteiger partial charge on any atom is -0.478 e. The molecule has 1 heterocycles. The van der Waals surface area contributed by atoms with Crippen LogP contribution < -0.4 is 10.2 Å². The molecule has 0 fully saturated rings. The molecule has 2 aromatic carbocycles. The molecule has 0 aliphatic heterocycles. The quantitative estimate of drug-likeness (QED) is 0.604. The van der Waals surface area contributed by atoms with Gasteiger partial charge < -0.3 is 15.3 Å². The standard InChI is InChI=1S/C24H28N4O3/c1-15-6-8-18(9-7-15)23(29)25-19-10-11-22(21(14-19)24(30)31)27(4)13-12-20-16(2)26-28(5)17(20)3/h6-11,14H,12-13H2,1-5H3,(H,25,29)(H,30,31). The highest BCUT2D eigenvalue weighted by atomic mass is 16.4. The van der Waals surface area contributed by atoms with Crippen LogP contribution in [0.15, 0.2) is 42.5 Å². The minimum atomic E-state index is -1.04. The van der Waals surface area contributed by atoms with Gasteiger partial charge in [-0.05, 0) is 63.1 Å². The Bertz CT molecular complexity index is 1120. The van der Waals surface area contributed by atoms with E-state index < -0.39 is 5.97 Å². The summed E-state index contributed by atoms with van der Waals surface area (Å²) >= 11 is 0. The van der Waals surface area contributed by atoms with E-state index in [4.69, 9.17) is 0 Å². The fourth-order valence-electron chi connectivity index (χ4n) is 3.61. The largest absolute Gasteiger partial charge is 0.478 e. The van der Waals surface area contributed by atoms with Gasteiger partial charge in [0, 0.05) is 37.6 Å². The Hall–Kier alpha value is -3.61. The lowest BCUT2D eigenvalue weighted by Gasteiger charge is -2.22. The van der Waals surface area contributed by atoms with Gasteiger partial charge in [-0.15, -0.1) is 0 Å². The molecule has 0 unspecified atom stereocenters. The Kier molecular flexibility index (Phi) is 6.44. The van der Waals surface area contributed by atoms with Crippen molar-refractivity contribution in [3.63, 3.8) is 0 Å². The summed E-state index contributed by atoms with van der Waals surface area (Å²) in [5.74, 6) is -1.32. The fourth-order valence-corrected chi connectivity index (χ4v) is 3.61. The molecule has 0 spiro atoms. The summed E-state index contributed by atoms with van der Waals surface area (Å²) in [7, 11) is 3.79. The smallest absolute Gasteiger partial charge is 0.337 e. The lowest BCUT2D eigenvalue weighted by molar-refractivity contribution is 0.0697. The molecule has 0 aliphatic carbocycles. The summed E-state index contributed by atoms with van der Waals surface area (Å²) in [5, 5.41) is 17.0. The molecule has 31 heavy (non-hydrogen) atoms. The number of anilines is 2. The van der Waals surface area contributed by atoms with Crippen LogP contribution in [0.3, 0.4) is 0 Å². The Balaban J connectivity index is 1.77. The van der Waals surface area contributed by atoms with Crippen LogP contribution in [0.5, 0.6) is 0 Å². The van der Waals surface area contributed by atoms with Crippen molar-refractivity contribution in [3.8, 4) is 0 Å². The van der Waals surface area contributed by atoms with E-state index in [0.29, 0.717) is 23.5 Å². The Labute approximate surface area is 182 Å². The van der Waals surface area contributed by atoms with Crippen molar-refractivity contribution in [1.82, 2.24) is 9.78 Å². The zero-order valence-corrected chi connectivity index (χ0v) is 18.6. The third-order valence-electron chi connectivity index (χ3n) is 5.57. The lowest BCUT2D eigenvalue weighted by atomic mass is 10.1. The SMILES string of the molecule is Cc1ccc(C(=O)Nc2ccc(N(C)CCc3c(C)nn(C)c3C)c(C(=O)O)c2)cc1. The van der Waals surface area contributed by atoms with Crippen LogP contribution in [0.25, 0.3) is 0 Å². The number of carboxylic acids is 1. The number of aryl methyl sites for hydroxylation is 3. The first-order valence-electron chi connectivity index (χ1n) is 10.1. The number of benzene rings is 2. The average Bonchev–Trinajstić information content (AvgIpc) is 2.97. The normalized spacial score (nSPS) is 10.7. The van der Waals surface area contributed by atoms with Crippen molar-refractivity contribution < 1.29 is 14.7 Å². The molecule has 7 nitrogen and oxygen atoms in total. The predicted octanol–water partition coefficient (Wildman–Crippen LogP) is 3.97. The van der Waals surface area contributed by atoms with Crippen LogP contribution in [0.2, 0.25) is 0 Å². The first-order chi connectivity index (χ1) is 14.7. The van der Waals surface area contributed by atoms with Gasteiger partial charge in [0.25, 0.3) is 5.91 Å². The summed E-state index contributed by atoms with van der Waals surface area (Å²) in [6.45, 7) is 6.61. The number of nitrogens with zero attached hydrogens (tertiary/aromatic N) is 3. The lowest BCUT2D eigenvalue weighted by Crippen LogP contribution is -2.23. The van der Waals surface area contributed by atoms with Crippen molar-refractivity contribution in [2.24, 2.45) is 7.05 Å². The summed E-state index contributed by atoms with van der Waals surface area (Å²) < 4.78 is 1.86. The number of amides is 1. The van der Waals surface area contributed by atoms with E-state index in [0.717, 1.165) is 23.4 Å². The summed E-state index contributed by atoms with van der Waals surface area (Å²) in [6.07, 6.45) is 0.757. The fraction of sp³-hybridized carbons (Fsp3) is 0.292. The van der Waals surface area contributed by atoms with E-state index in [-0.39, 0.29) is 11.5 Å². The molecule has 0 saturated carbocycles. The molecule has 0 atom stereocenters. The minimum absolute atomic E-state index is 0.142. The molecule has 2 N–H and O–H groups in total. The van der Waals surface area contributed by atoms with Gasteiger partial charge in [-0.2, -0.15) is 5.10 Å². The third-order valence-corrected chi connectivity index (χ3v) is 5.57. The molecule has 162 valence electrons. The van der Waals surface area contributed by atoms with Crippen molar-refractivity contribution >= 4 is 23.3 Å². The number of hydrogen-bond donors (Lipinski definition) is 2. The maximum atomic E-state index is 12.5. The van der Waals surface area contributed by atoms with Gasteiger partial charge in [-0.3, -0.25) is 9.48 Å². The summed E-state index contributed by atoms with van der Waals surface area (Å²) in [6, 6.07) is 12.2. The van der Waals surface area contributed by atoms with Gasteiger partial charge in [0.1, 0.15) is 0 Å². The van der Waals surface area contributed by atoms with Crippen molar-refractivity contribution in [1.29, 1.82) is 0 Å². The van der Waals surface area contributed by atoms with E-state index in [1.807, 2.05) is 56.6 Å². The topological polar surface area (TPSA) is 87.5 Å². The number of aromatic nitrogens is 2. The predicted molar refractivity (Wildman–Crippen MR) is 122 cm³/mol. The van der Waals surface area contributed by atoms with E-state index in [1.165, 1.54) is 11.6 Å². The third kappa shape index (κ3) is 4.94. The molecule has 0 saturated heterocycles. The highest BCUT2D eigenvalue weighted by Crippen LogP contribution is 2.25. The molecule has 3 rings (SSSR count). The van der Waals surface area contributed by atoms with Gasteiger partial charge in [-0.25, -0.2) is 4.79 Å². The first-order valence-corrected chi connectivity index (χ1v) is 10.1. The number of aromatic carboxylic acids is 1. The Morgan fingerprint density at radius 2 is 1.77 bits per heavy atom. The number of carbonyl (C=O) groups is 2.